The lowest BCUT2D eigenvalue weighted by molar-refractivity contribution is 0.302. The Bertz CT molecular complexity index is 1070. The van der Waals surface area contributed by atoms with Crippen LogP contribution in [0.25, 0.3) is 10.6 Å². The predicted molar refractivity (Wildman–Crippen MR) is 119 cm³/mol. The van der Waals surface area contributed by atoms with Crippen LogP contribution in [0, 0.1) is 0 Å². The maximum Gasteiger partial charge on any atom is 0.210 e. The van der Waals surface area contributed by atoms with Crippen LogP contribution in [0.15, 0.2) is 75.8 Å². The van der Waals surface area contributed by atoms with E-state index in [0.29, 0.717) is 11.7 Å². The van der Waals surface area contributed by atoms with Crippen LogP contribution in [0.4, 0.5) is 10.8 Å². The van der Waals surface area contributed by atoms with Gasteiger partial charge in [0.1, 0.15) is 12.4 Å². The van der Waals surface area contributed by atoms with Gasteiger partial charge in [-0.1, -0.05) is 49.3 Å². The van der Waals surface area contributed by atoms with Crippen molar-refractivity contribution < 1.29 is 4.74 Å². The SMILES string of the molecule is Brc1ccc(Nc2nnc(-c3cc(Br)ccc3OCc3ccccn3)s2)cc1. The van der Waals surface area contributed by atoms with Crippen molar-refractivity contribution in [3.05, 3.63) is 81.5 Å². The number of rotatable bonds is 6. The molecule has 0 fully saturated rings. The summed E-state index contributed by atoms with van der Waals surface area (Å²) in [5.74, 6) is 0.736. The number of nitrogens with one attached hydrogen (secondary N) is 1. The number of anilines is 2. The summed E-state index contributed by atoms with van der Waals surface area (Å²) in [5, 5.41) is 13.4. The molecule has 0 radical (unpaired) electrons. The normalized spacial score (nSPS) is 10.6. The second kappa shape index (κ2) is 8.81. The van der Waals surface area contributed by atoms with Gasteiger partial charge in [-0.2, -0.15) is 0 Å². The van der Waals surface area contributed by atoms with Crippen molar-refractivity contribution in [2.75, 3.05) is 5.32 Å². The largest absolute Gasteiger partial charge is 0.487 e. The summed E-state index contributed by atoms with van der Waals surface area (Å²) in [4.78, 5) is 4.30. The van der Waals surface area contributed by atoms with Gasteiger partial charge in [-0.05, 0) is 54.6 Å². The zero-order valence-electron chi connectivity index (χ0n) is 14.5. The minimum absolute atomic E-state index is 0.387. The topological polar surface area (TPSA) is 59.9 Å². The summed E-state index contributed by atoms with van der Waals surface area (Å²) in [5.41, 5.74) is 2.70. The van der Waals surface area contributed by atoms with Gasteiger partial charge in [0.15, 0.2) is 5.01 Å². The molecule has 0 aliphatic carbocycles. The van der Waals surface area contributed by atoms with Gasteiger partial charge in [0, 0.05) is 20.8 Å². The van der Waals surface area contributed by atoms with Gasteiger partial charge in [0.25, 0.3) is 0 Å². The zero-order valence-corrected chi connectivity index (χ0v) is 18.5. The first-order valence-corrected chi connectivity index (χ1v) is 10.8. The maximum atomic E-state index is 6.00. The highest BCUT2D eigenvalue weighted by molar-refractivity contribution is 9.10. The van der Waals surface area contributed by atoms with Crippen molar-refractivity contribution in [1.29, 1.82) is 0 Å². The van der Waals surface area contributed by atoms with Crippen LogP contribution in [0.5, 0.6) is 5.75 Å². The lowest BCUT2D eigenvalue weighted by atomic mass is 10.2. The number of ether oxygens (including phenoxy) is 1. The van der Waals surface area contributed by atoms with Crippen molar-refractivity contribution >= 4 is 54.0 Å². The number of pyridine rings is 1. The molecule has 0 spiro atoms. The zero-order chi connectivity index (χ0) is 19.3. The molecule has 0 atom stereocenters. The van der Waals surface area contributed by atoms with Crippen molar-refractivity contribution in [3.8, 4) is 16.3 Å². The fraction of sp³-hybridized carbons (Fsp3) is 0.0500. The highest BCUT2D eigenvalue weighted by Crippen LogP contribution is 2.36. The third kappa shape index (κ3) is 4.76. The average molecular weight is 518 g/mol. The van der Waals surface area contributed by atoms with E-state index in [4.69, 9.17) is 4.74 Å². The Morgan fingerprint density at radius 1 is 0.929 bits per heavy atom. The molecule has 140 valence electrons. The second-order valence-corrected chi connectivity index (χ2v) is 8.60. The minimum atomic E-state index is 0.387. The third-order valence-corrected chi connectivity index (χ3v) is 5.69. The molecule has 2 aromatic heterocycles. The standard InChI is InChI=1S/C20H14Br2N4OS/c21-13-4-7-15(8-5-13)24-20-26-25-19(28-20)17-11-14(22)6-9-18(17)27-12-16-3-1-2-10-23-16/h1-11H,12H2,(H,24,26). The Hall–Kier alpha value is -2.29. The van der Waals surface area contributed by atoms with Gasteiger partial charge in [-0.3, -0.25) is 4.98 Å². The van der Waals surface area contributed by atoms with Crippen molar-refractivity contribution in [2.45, 2.75) is 6.61 Å². The molecule has 4 aromatic rings. The molecule has 4 rings (SSSR count). The molecule has 2 aromatic carbocycles. The van der Waals surface area contributed by atoms with Crippen molar-refractivity contribution in [3.63, 3.8) is 0 Å². The molecule has 0 unspecified atom stereocenters. The molecule has 0 aliphatic rings. The predicted octanol–water partition coefficient (Wildman–Crippen LogP) is 6.45. The van der Waals surface area contributed by atoms with E-state index in [-0.39, 0.29) is 0 Å². The summed E-state index contributed by atoms with van der Waals surface area (Å²) in [6, 6.07) is 19.5. The van der Waals surface area contributed by atoms with Crippen LogP contribution in [0.1, 0.15) is 5.69 Å². The number of aromatic nitrogens is 3. The molecule has 5 nitrogen and oxygen atoms in total. The van der Waals surface area contributed by atoms with E-state index in [0.717, 1.165) is 36.6 Å². The molecule has 0 aliphatic heterocycles. The summed E-state index contributed by atoms with van der Waals surface area (Å²) >= 11 is 8.43. The van der Waals surface area contributed by atoms with E-state index in [1.54, 1.807) is 6.20 Å². The number of nitrogens with zero attached hydrogens (tertiary/aromatic N) is 3. The van der Waals surface area contributed by atoms with Gasteiger partial charge in [-0.15, -0.1) is 10.2 Å². The lowest BCUT2D eigenvalue weighted by Crippen LogP contribution is -1.98. The first kappa shape index (κ1) is 19.0. The smallest absolute Gasteiger partial charge is 0.210 e. The first-order chi connectivity index (χ1) is 13.7. The summed E-state index contributed by atoms with van der Waals surface area (Å²) in [6.07, 6.45) is 1.76. The van der Waals surface area contributed by atoms with E-state index in [1.807, 2.05) is 60.7 Å². The van der Waals surface area contributed by atoms with Gasteiger partial charge >= 0.3 is 0 Å². The Kier molecular flexibility index (Phi) is 5.99. The quantitative estimate of drug-likeness (QED) is 0.318. The molecular formula is C20H14Br2N4OS. The Labute approximate surface area is 183 Å². The molecule has 0 saturated carbocycles. The van der Waals surface area contributed by atoms with Gasteiger partial charge < -0.3 is 10.1 Å². The number of benzene rings is 2. The van der Waals surface area contributed by atoms with E-state index in [9.17, 15) is 0 Å². The molecule has 2 heterocycles. The van der Waals surface area contributed by atoms with Crippen LogP contribution >= 0.6 is 43.2 Å². The summed E-state index contributed by atoms with van der Waals surface area (Å²) < 4.78 is 7.98. The Morgan fingerprint density at radius 2 is 1.75 bits per heavy atom. The maximum absolute atomic E-state index is 6.00. The van der Waals surface area contributed by atoms with Crippen LogP contribution in [-0.4, -0.2) is 15.2 Å². The lowest BCUT2D eigenvalue weighted by Gasteiger charge is -2.10. The van der Waals surface area contributed by atoms with Crippen molar-refractivity contribution in [1.82, 2.24) is 15.2 Å². The van der Waals surface area contributed by atoms with Crippen LogP contribution in [0.3, 0.4) is 0 Å². The minimum Gasteiger partial charge on any atom is -0.487 e. The van der Waals surface area contributed by atoms with Crippen LogP contribution in [0.2, 0.25) is 0 Å². The monoisotopic (exact) mass is 516 g/mol. The van der Waals surface area contributed by atoms with Gasteiger partial charge in [0.2, 0.25) is 5.13 Å². The average Bonchev–Trinajstić information content (AvgIpc) is 3.18. The number of halogens is 2. The highest BCUT2D eigenvalue weighted by Gasteiger charge is 2.14. The third-order valence-electron chi connectivity index (χ3n) is 3.79. The molecule has 1 N–H and O–H groups in total. The van der Waals surface area contributed by atoms with E-state index in [1.165, 1.54) is 11.3 Å². The molecule has 0 amide bonds. The van der Waals surface area contributed by atoms with E-state index < -0.39 is 0 Å². The molecule has 0 bridgehead atoms. The number of hydrogen-bond donors (Lipinski definition) is 1. The summed E-state index contributed by atoms with van der Waals surface area (Å²) in [7, 11) is 0. The van der Waals surface area contributed by atoms with Gasteiger partial charge in [0.05, 0.1) is 11.3 Å². The fourth-order valence-corrected chi connectivity index (χ4v) is 3.88. The van der Waals surface area contributed by atoms with Gasteiger partial charge in [-0.25, -0.2) is 0 Å². The van der Waals surface area contributed by atoms with E-state index in [2.05, 4.69) is 52.4 Å². The molecule has 0 saturated heterocycles. The molecule has 28 heavy (non-hydrogen) atoms. The molecule has 8 heteroatoms. The van der Waals surface area contributed by atoms with E-state index >= 15 is 0 Å². The summed E-state index contributed by atoms with van der Waals surface area (Å²) in [6.45, 7) is 0.387. The second-order valence-electron chi connectivity index (χ2n) is 5.79. The molecular weight excluding hydrogens is 504 g/mol. The first-order valence-electron chi connectivity index (χ1n) is 8.36. The Balaban J connectivity index is 1.55. The number of hydrogen-bond acceptors (Lipinski definition) is 6. The van der Waals surface area contributed by atoms with Crippen LogP contribution in [-0.2, 0) is 6.61 Å². The Morgan fingerprint density at radius 3 is 2.54 bits per heavy atom. The van der Waals surface area contributed by atoms with Crippen LogP contribution < -0.4 is 10.1 Å². The highest BCUT2D eigenvalue weighted by atomic mass is 79.9. The van der Waals surface area contributed by atoms with Crippen molar-refractivity contribution in [2.24, 2.45) is 0 Å². The fourth-order valence-electron chi connectivity index (χ4n) is 2.47.